The Kier molecular flexibility index (Phi) is 5.76. The number of aromatic nitrogens is 1. The monoisotopic (exact) mass is 348 g/mol. The van der Waals surface area contributed by atoms with Crippen molar-refractivity contribution in [3.8, 4) is 5.75 Å². The number of ketones is 1. The number of hydrogen-bond acceptors (Lipinski definition) is 5. The fourth-order valence-electron chi connectivity index (χ4n) is 2.82. The van der Waals surface area contributed by atoms with E-state index in [-0.39, 0.29) is 17.9 Å². The molecule has 0 aliphatic carbocycles. The number of fused-ring (bicyclic) bond motifs is 1. The van der Waals surface area contributed by atoms with Crippen LogP contribution in [0.5, 0.6) is 5.75 Å². The molecule has 2 aromatic rings. The average Bonchev–Trinajstić information content (AvgIpc) is 2.85. The number of hydrogen-bond donors (Lipinski definition) is 3. The Balaban J connectivity index is 2.64. The summed E-state index contributed by atoms with van der Waals surface area (Å²) in [4.78, 5) is 34.5. The van der Waals surface area contributed by atoms with Crippen LogP contribution in [-0.4, -0.2) is 45.7 Å². The normalized spacial score (nSPS) is 10.8. The molecule has 8 nitrogen and oxygen atoms in total. The van der Waals surface area contributed by atoms with Gasteiger partial charge in [0.25, 0.3) is 11.7 Å². The van der Waals surface area contributed by atoms with E-state index < -0.39 is 24.3 Å². The van der Waals surface area contributed by atoms with Gasteiger partial charge in [0.2, 0.25) is 0 Å². The highest BCUT2D eigenvalue weighted by molar-refractivity contribution is 6.45. The van der Waals surface area contributed by atoms with Crippen molar-refractivity contribution in [3.63, 3.8) is 0 Å². The number of benzene rings is 1. The van der Waals surface area contributed by atoms with Crippen molar-refractivity contribution in [1.29, 1.82) is 0 Å². The van der Waals surface area contributed by atoms with E-state index in [0.29, 0.717) is 36.0 Å². The Morgan fingerprint density at radius 1 is 1.24 bits per heavy atom. The Hall–Kier alpha value is -2.87. The zero-order valence-corrected chi connectivity index (χ0v) is 13.8. The van der Waals surface area contributed by atoms with Crippen molar-refractivity contribution >= 4 is 28.6 Å². The zero-order chi connectivity index (χ0) is 18.6. The number of nitrogens with zero attached hydrogens (tertiary/aromatic N) is 1. The smallest absolute Gasteiger partial charge is 0.341 e. The van der Waals surface area contributed by atoms with E-state index >= 15 is 0 Å². The molecule has 2 rings (SSSR count). The number of nitrogens with two attached hydrogens (primary N) is 1. The summed E-state index contributed by atoms with van der Waals surface area (Å²) in [6.07, 6.45) is 1.26. The summed E-state index contributed by atoms with van der Waals surface area (Å²) in [5, 5.41) is 18.2. The SMILES string of the molecule is Cc1c(C(=O)C(N)=O)c2c(OCC(=O)O)cccc2n1CCCCO. The summed E-state index contributed by atoms with van der Waals surface area (Å²) in [6, 6.07) is 4.98. The second-order valence-corrected chi connectivity index (χ2v) is 5.57. The predicted molar refractivity (Wildman–Crippen MR) is 89.7 cm³/mol. The molecule has 0 spiro atoms. The molecule has 0 atom stereocenters. The molecule has 8 heteroatoms. The highest BCUT2D eigenvalue weighted by Crippen LogP contribution is 2.34. The lowest BCUT2D eigenvalue weighted by molar-refractivity contribution is -0.139. The average molecular weight is 348 g/mol. The van der Waals surface area contributed by atoms with Gasteiger partial charge in [0.15, 0.2) is 6.61 Å². The lowest BCUT2D eigenvalue weighted by Gasteiger charge is -2.08. The van der Waals surface area contributed by atoms with Gasteiger partial charge in [0.05, 0.1) is 16.5 Å². The summed E-state index contributed by atoms with van der Waals surface area (Å²) in [5.41, 5.74) is 6.47. The number of carboxylic acid groups (broad SMARTS) is 1. The third-order valence-corrected chi connectivity index (χ3v) is 3.90. The van der Waals surface area contributed by atoms with E-state index in [1.165, 1.54) is 0 Å². The first-order valence-corrected chi connectivity index (χ1v) is 7.79. The summed E-state index contributed by atoms with van der Waals surface area (Å²) >= 11 is 0. The third-order valence-electron chi connectivity index (χ3n) is 3.90. The molecule has 0 radical (unpaired) electrons. The fraction of sp³-hybridized carbons (Fsp3) is 0.353. The number of ether oxygens (including phenoxy) is 1. The Morgan fingerprint density at radius 3 is 2.56 bits per heavy atom. The molecule has 0 aliphatic rings. The summed E-state index contributed by atoms with van der Waals surface area (Å²) < 4.78 is 7.13. The van der Waals surface area contributed by atoms with Crippen molar-refractivity contribution < 1.29 is 29.3 Å². The molecular formula is C17H20N2O6. The van der Waals surface area contributed by atoms with Gasteiger partial charge in [0.1, 0.15) is 5.75 Å². The van der Waals surface area contributed by atoms with Crippen molar-refractivity contribution in [1.82, 2.24) is 4.57 Å². The number of amides is 1. The number of carboxylic acids is 1. The van der Waals surface area contributed by atoms with E-state index in [2.05, 4.69) is 0 Å². The molecule has 0 saturated carbocycles. The molecule has 0 aliphatic heterocycles. The van der Waals surface area contributed by atoms with Crippen molar-refractivity contribution in [2.45, 2.75) is 26.3 Å². The van der Waals surface area contributed by atoms with Gasteiger partial charge in [-0.2, -0.15) is 0 Å². The molecule has 134 valence electrons. The first-order chi connectivity index (χ1) is 11.9. The van der Waals surface area contributed by atoms with Crippen LogP contribution in [0.2, 0.25) is 0 Å². The molecule has 0 saturated heterocycles. The number of carbonyl (C=O) groups excluding carboxylic acids is 2. The van der Waals surface area contributed by atoms with E-state index in [4.69, 9.17) is 20.7 Å². The van der Waals surface area contributed by atoms with Gasteiger partial charge in [-0.05, 0) is 31.9 Å². The third kappa shape index (κ3) is 3.80. The quantitative estimate of drug-likeness (QED) is 0.350. The Morgan fingerprint density at radius 2 is 1.96 bits per heavy atom. The number of carbonyl (C=O) groups is 3. The molecule has 1 amide bonds. The molecular weight excluding hydrogens is 328 g/mol. The maximum absolute atomic E-state index is 12.3. The molecule has 25 heavy (non-hydrogen) atoms. The summed E-state index contributed by atoms with van der Waals surface area (Å²) in [6.45, 7) is 1.70. The fourth-order valence-corrected chi connectivity index (χ4v) is 2.82. The van der Waals surface area contributed by atoms with Crippen molar-refractivity contribution in [2.24, 2.45) is 5.73 Å². The van der Waals surface area contributed by atoms with Gasteiger partial charge in [0, 0.05) is 18.8 Å². The number of primary amides is 1. The maximum atomic E-state index is 12.3. The Bertz CT molecular complexity index is 824. The standard InChI is InChI=1S/C17H20N2O6/c1-10-14(16(23)17(18)24)15-11(19(10)7-2-3-8-20)5-4-6-12(15)25-9-13(21)22/h4-6,20H,2-3,7-9H2,1H3,(H2,18,24)(H,21,22). The molecule has 4 N–H and O–H groups in total. The number of aryl methyl sites for hydroxylation is 1. The summed E-state index contributed by atoms with van der Waals surface area (Å²) in [5.74, 6) is -2.90. The topological polar surface area (TPSA) is 132 Å². The van der Waals surface area contributed by atoms with Crippen molar-refractivity contribution in [2.75, 3.05) is 13.2 Å². The largest absolute Gasteiger partial charge is 0.481 e. The van der Waals surface area contributed by atoms with Crippen LogP contribution in [0, 0.1) is 6.92 Å². The lowest BCUT2D eigenvalue weighted by Crippen LogP contribution is -2.24. The van der Waals surface area contributed by atoms with Gasteiger partial charge in [-0.25, -0.2) is 4.79 Å². The highest BCUT2D eigenvalue weighted by atomic mass is 16.5. The van der Waals surface area contributed by atoms with Gasteiger partial charge in [-0.15, -0.1) is 0 Å². The first-order valence-electron chi connectivity index (χ1n) is 7.79. The zero-order valence-electron chi connectivity index (χ0n) is 13.8. The Labute approximate surface area is 143 Å². The van der Waals surface area contributed by atoms with Crippen LogP contribution in [0.4, 0.5) is 0 Å². The molecule has 1 aromatic heterocycles. The summed E-state index contributed by atoms with van der Waals surface area (Å²) in [7, 11) is 0. The number of aliphatic hydroxyl groups excluding tert-OH is 1. The molecule has 0 unspecified atom stereocenters. The minimum Gasteiger partial charge on any atom is -0.481 e. The number of Topliss-reactive ketones (excluding diaryl/α,β-unsaturated/α-hetero) is 1. The molecule has 1 heterocycles. The van der Waals surface area contributed by atoms with Crippen LogP contribution in [0.15, 0.2) is 18.2 Å². The van der Waals surface area contributed by atoms with Gasteiger partial charge in [-0.3, -0.25) is 9.59 Å². The van der Waals surface area contributed by atoms with Gasteiger partial charge >= 0.3 is 5.97 Å². The number of unbranched alkanes of at least 4 members (excludes halogenated alkanes) is 1. The minimum absolute atomic E-state index is 0.0539. The molecule has 1 aromatic carbocycles. The van der Waals surface area contributed by atoms with Gasteiger partial charge in [-0.1, -0.05) is 6.07 Å². The lowest BCUT2D eigenvalue weighted by atomic mass is 10.1. The second-order valence-electron chi connectivity index (χ2n) is 5.57. The number of aliphatic carboxylic acids is 1. The van der Waals surface area contributed by atoms with Crippen LogP contribution < -0.4 is 10.5 Å². The van der Waals surface area contributed by atoms with E-state index in [9.17, 15) is 14.4 Å². The van der Waals surface area contributed by atoms with Gasteiger partial charge < -0.3 is 25.3 Å². The highest BCUT2D eigenvalue weighted by Gasteiger charge is 2.26. The molecule has 0 bridgehead atoms. The minimum atomic E-state index is -1.15. The molecule has 0 fully saturated rings. The first kappa shape index (κ1) is 18.5. The van der Waals surface area contributed by atoms with E-state index in [1.54, 1.807) is 25.1 Å². The predicted octanol–water partition coefficient (Wildman–Crippen LogP) is 0.854. The maximum Gasteiger partial charge on any atom is 0.341 e. The second kappa shape index (κ2) is 7.80. The van der Waals surface area contributed by atoms with Crippen LogP contribution >= 0.6 is 0 Å². The number of aliphatic hydroxyl groups is 1. The van der Waals surface area contributed by atoms with Crippen LogP contribution in [-0.2, 0) is 16.1 Å². The van der Waals surface area contributed by atoms with Crippen LogP contribution in [0.3, 0.4) is 0 Å². The van der Waals surface area contributed by atoms with Crippen LogP contribution in [0.25, 0.3) is 10.9 Å². The van der Waals surface area contributed by atoms with E-state index in [0.717, 1.165) is 0 Å². The van der Waals surface area contributed by atoms with E-state index in [1.807, 2.05) is 4.57 Å². The van der Waals surface area contributed by atoms with Crippen LogP contribution in [0.1, 0.15) is 28.9 Å². The number of rotatable bonds is 9. The van der Waals surface area contributed by atoms with Crippen molar-refractivity contribution in [3.05, 3.63) is 29.5 Å².